The first-order chi connectivity index (χ1) is 6.85. The molecule has 0 aliphatic rings. The van der Waals surface area contributed by atoms with Gasteiger partial charge in [0.25, 0.3) is 0 Å². The Labute approximate surface area is 95.7 Å². The molecule has 15 heavy (non-hydrogen) atoms. The van der Waals surface area contributed by atoms with Crippen LogP contribution in [0.3, 0.4) is 0 Å². The average molecular weight is 224 g/mol. The highest BCUT2D eigenvalue weighted by Crippen LogP contribution is 2.30. The lowest BCUT2D eigenvalue weighted by molar-refractivity contribution is 0.0697. The van der Waals surface area contributed by atoms with Crippen molar-refractivity contribution < 1.29 is 9.90 Å². The Morgan fingerprint density at radius 2 is 1.80 bits per heavy atom. The minimum Gasteiger partial charge on any atom is -0.478 e. The summed E-state index contributed by atoms with van der Waals surface area (Å²) in [7, 11) is 0. The van der Waals surface area contributed by atoms with Gasteiger partial charge in [-0.25, -0.2) is 4.79 Å². The monoisotopic (exact) mass is 224 g/mol. The molecule has 1 aromatic rings. The third-order valence-electron chi connectivity index (χ3n) is 2.92. The maximum Gasteiger partial charge on any atom is 0.335 e. The van der Waals surface area contributed by atoms with E-state index in [-0.39, 0.29) is 10.7 Å². The Hall–Kier alpha value is -0.960. The smallest absolute Gasteiger partial charge is 0.335 e. The summed E-state index contributed by atoms with van der Waals surface area (Å²) in [4.78, 5) is 10.7. The zero-order chi connectivity index (χ0) is 11.6. The average Bonchev–Trinajstić information content (AvgIpc) is 2.17. The van der Waals surface area contributed by atoms with Gasteiger partial charge >= 0.3 is 5.97 Å². The van der Waals surface area contributed by atoms with Crippen molar-refractivity contribution in [2.24, 2.45) is 0 Å². The van der Waals surface area contributed by atoms with E-state index in [9.17, 15) is 4.79 Å². The van der Waals surface area contributed by atoms with Crippen molar-refractivity contribution in [3.05, 3.63) is 35.4 Å². The Balaban J connectivity index is 3.04. The van der Waals surface area contributed by atoms with E-state index in [2.05, 4.69) is 26.5 Å². The maximum absolute atomic E-state index is 10.7. The van der Waals surface area contributed by atoms with E-state index < -0.39 is 5.97 Å². The predicted molar refractivity (Wildman–Crippen MR) is 64.9 cm³/mol. The van der Waals surface area contributed by atoms with Crippen LogP contribution in [0.5, 0.6) is 0 Å². The maximum atomic E-state index is 10.7. The van der Waals surface area contributed by atoms with Gasteiger partial charge in [0, 0.05) is 10.7 Å². The lowest BCUT2D eigenvalue weighted by atomic mass is 9.81. The summed E-state index contributed by atoms with van der Waals surface area (Å²) in [5, 5.41) is 8.99. The summed E-state index contributed by atoms with van der Waals surface area (Å²) in [5.41, 5.74) is 1.37. The van der Waals surface area contributed by atoms with Gasteiger partial charge in [-0.05, 0) is 17.7 Å². The fourth-order valence-corrected chi connectivity index (χ4v) is 1.43. The summed E-state index contributed by atoms with van der Waals surface area (Å²) in [6, 6.07) is 6.98. The lowest BCUT2D eigenvalue weighted by Gasteiger charge is -2.29. The van der Waals surface area contributed by atoms with Crippen LogP contribution in [0.15, 0.2) is 24.3 Å². The van der Waals surface area contributed by atoms with Crippen LogP contribution >= 0.6 is 12.6 Å². The SMILES string of the molecule is CC(S)C(C)(C)c1ccc(C(=O)O)cc1. The largest absolute Gasteiger partial charge is 0.478 e. The van der Waals surface area contributed by atoms with Crippen molar-refractivity contribution in [2.45, 2.75) is 31.4 Å². The van der Waals surface area contributed by atoms with Crippen LogP contribution in [-0.4, -0.2) is 16.3 Å². The highest BCUT2D eigenvalue weighted by atomic mass is 32.1. The first-order valence-electron chi connectivity index (χ1n) is 4.87. The number of hydrogen-bond donors (Lipinski definition) is 2. The van der Waals surface area contributed by atoms with Gasteiger partial charge in [0.05, 0.1) is 5.56 Å². The zero-order valence-corrected chi connectivity index (χ0v) is 10.1. The molecule has 2 nitrogen and oxygen atoms in total. The fourth-order valence-electron chi connectivity index (χ4n) is 1.28. The molecule has 3 heteroatoms. The van der Waals surface area contributed by atoms with E-state index in [4.69, 9.17) is 5.11 Å². The molecule has 1 N–H and O–H groups in total. The topological polar surface area (TPSA) is 37.3 Å². The number of benzene rings is 1. The summed E-state index contributed by atoms with van der Waals surface area (Å²) >= 11 is 4.44. The highest BCUT2D eigenvalue weighted by molar-refractivity contribution is 7.81. The molecule has 0 radical (unpaired) electrons. The van der Waals surface area contributed by atoms with Gasteiger partial charge in [-0.15, -0.1) is 0 Å². The third kappa shape index (κ3) is 2.53. The first kappa shape index (κ1) is 12.1. The van der Waals surface area contributed by atoms with Crippen LogP contribution in [0.25, 0.3) is 0 Å². The number of thiol groups is 1. The van der Waals surface area contributed by atoms with Crippen LogP contribution in [0.2, 0.25) is 0 Å². The van der Waals surface area contributed by atoms with E-state index in [0.717, 1.165) is 5.56 Å². The molecule has 1 aromatic carbocycles. The van der Waals surface area contributed by atoms with E-state index in [0.29, 0.717) is 5.56 Å². The number of rotatable bonds is 3. The van der Waals surface area contributed by atoms with Gasteiger partial charge in [-0.3, -0.25) is 0 Å². The number of hydrogen-bond acceptors (Lipinski definition) is 2. The predicted octanol–water partition coefficient (Wildman–Crippen LogP) is 2.98. The van der Waals surface area contributed by atoms with E-state index >= 15 is 0 Å². The lowest BCUT2D eigenvalue weighted by Crippen LogP contribution is -2.27. The molecular formula is C12H16O2S. The molecule has 0 aromatic heterocycles. The summed E-state index contributed by atoms with van der Waals surface area (Å²) in [5.74, 6) is -0.890. The molecule has 0 heterocycles. The summed E-state index contributed by atoms with van der Waals surface area (Å²) < 4.78 is 0. The Bertz CT molecular complexity index is 352. The van der Waals surface area contributed by atoms with Crippen molar-refractivity contribution in [1.29, 1.82) is 0 Å². The highest BCUT2D eigenvalue weighted by Gasteiger charge is 2.25. The number of carboxylic acid groups (broad SMARTS) is 1. The zero-order valence-electron chi connectivity index (χ0n) is 9.19. The van der Waals surface area contributed by atoms with Crippen LogP contribution in [0.1, 0.15) is 36.7 Å². The van der Waals surface area contributed by atoms with Crippen LogP contribution in [0, 0.1) is 0 Å². The quantitative estimate of drug-likeness (QED) is 0.774. The second-order valence-corrected chi connectivity index (χ2v) is 5.05. The van der Waals surface area contributed by atoms with E-state index in [1.54, 1.807) is 12.1 Å². The number of carboxylic acids is 1. The van der Waals surface area contributed by atoms with Gasteiger partial charge in [-0.1, -0.05) is 32.9 Å². The van der Waals surface area contributed by atoms with Gasteiger partial charge in [-0.2, -0.15) is 12.6 Å². The van der Waals surface area contributed by atoms with Crippen LogP contribution < -0.4 is 0 Å². The van der Waals surface area contributed by atoms with Gasteiger partial charge in [0.15, 0.2) is 0 Å². The number of aromatic carboxylic acids is 1. The molecule has 0 aliphatic heterocycles. The van der Waals surface area contributed by atoms with Gasteiger partial charge < -0.3 is 5.11 Å². The Morgan fingerprint density at radius 3 is 2.13 bits per heavy atom. The van der Waals surface area contributed by atoms with Crippen molar-refractivity contribution in [2.75, 3.05) is 0 Å². The molecule has 0 aliphatic carbocycles. The summed E-state index contributed by atoms with van der Waals surface area (Å²) in [6.45, 7) is 6.23. The molecule has 1 atom stereocenters. The summed E-state index contributed by atoms with van der Waals surface area (Å²) in [6.07, 6.45) is 0. The molecule has 0 saturated carbocycles. The molecular weight excluding hydrogens is 208 g/mol. The van der Waals surface area contributed by atoms with Crippen LogP contribution in [-0.2, 0) is 5.41 Å². The van der Waals surface area contributed by atoms with Crippen molar-refractivity contribution >= 4 is 18.6 Å². The Morgan fingerprint density at radius 1 is 1.33 bits per heavy atom. The van der Waals surface area contributed by atoms with E-state index in [1.165, 1.54) is 0 Å². The molecule has 0 fully saturated rings. The number of carbonyl (C=O) groups is 1. The van der Waals surface area contributed by atoms with Gasteiger partial charge in [0.2, 0.25) is 0 Å². The fraction of sp³-hybridized carbons (Fsp3) is 0.417. The van der Waals surface area contributed by atoms with Crippen molar-refractivity contribution in [3.8, 4) is 0 Å². The first-order valence-corrected chi connectivity index (χ1v) is 5.39. The van der Waals surface area contributed by atoms with E-state index in [1.807, 2.05) is 19.1 Å². The second kappa shape index (κ2) is 4.27. The standard InChI is InChI=1S/C12H16O2S/c1-8(15)12(2,3)10-6-4-9(5-7-10)11(13)14/h4-8,15H,1-3H3,(H,13,14). The minimum atomic E-state index is -0.890. The van der Waals surface area contributed by atoms with Gasteiger partial charge in [0.1, 0.15) is 0 Å². The molecule has 0 amide bonds. The molecule has 0 bridgehead atoms. The molecule has 0 spiro atoms. The van der Waals surface area contributed by atoms with Crippen molar-refractivity contribution in [3.63, 3.8) is 0 Å². The molecule has 1 rings (SSSR count). The van der Waals surface area contributed by atoms with Crippen LogP contribution in [0.4, 0.5) is 0 Å². The normalized spacial score (nSPS) is 13.6. The third-order valence-corrected chi connectivity index (χ3v) is 3.57. The molecule has 82 valence electrons. The second-order valence-electron chi connectivity index (χ2n) is 4.28. The minimum absolute atomic E-state index is 0.0554. The van der Waals surface area contributed by atoms with Crippen molar-refractivity contribution in [1.82, 2.24) is 0 Å². The Kier molecular flexibility index (Phi) is 3.45. The molecule has 0 saturated heterocycles. The molecule has 1 unspecified atom stereocenters.